The number of aliphatic hydroxyl groups is 1. The molecular formula is C15H23N3O2. The molecule has 2 unspecified atom stereocenters. The van der Waals surface area contributed by atoms with Crippen molar-refractivity contribution in [2.45, 2.75) is 37.8 Å². The van der Waals surface area contributed by atoms with Gasteiger partial charge in [0.05, 0.1) is 23.5 Å². The molecule has 1 saturated carbocycles. The van der Waals surface area contributed by atoms with E-state index >= 15 is 0 Å². The first-order valence-electron chi connectivity index (χ1n) is 7.05. The van der Waals surface area contributed by atoms with E-state index in [-0.39, 0.29) is 18.1 Å². The molecule has 1 amide bonds. The Morgan fingerprint density at radius 1 is 1.35 bits per heavy atom. The number of nitrogen functional groups attached to an aromatic ring is 1. The predicted molar refractivity (Wildman–Crippen MR) is 80.8 cm³/mol. The highest BCUT2D eigenvalue weighted by atomic mass is 16.3. The molecule has 1 aliphatic carbocycles. The van der Waals surface area contributed by atoms with Crippen molar-refractivity contribution in [3.8, 4) is 0 Å². The minimum atomic E-state index is -0.328. The third-order valence-corrected chi connectivity index (χ3v) is 3.78. The number of nitrogens with one attached hydrogen (secondary N) is 1. The monoisotopic (exact) mass is 277 g/mol. The molecule has 2 rings (SSSR count). The van der Waals surface area contributed by atoms with Crippen LogP contribution in [0.2, 0.25) is 0 Å². The van der Waals surface area contributed by atoms with Gasteiger partial charge in [-0.25, -0.2) is 0 Å². The number of rotatable bonds is 3. The number of hydrogen-bond acceptors (Lipinski definition) is 4. The number of carbonyl (C=O) groups excluding carboxylic acids is 1. The quantitative estimate of drug-likeness (QED) is 0.735. The van der Waals surface area contributed by atoms with Crippen LogP contribution in [-0.4, -0.2) is 42.2 Å². The summed E-state index contributed by atoms with van der Waals surface area (Å²) < 4.78 is 0. The molecule has 2 atom stereocenters. The van der Waals surface area contributed by atoms with E-state index in [0.29, 0.717) is 11.3 Å². The smallest absolute Gasteiger partial charge is 0.253 e. The molecule has 0 saturated heterocycles. The van der Waals surface area contributed by atoms with Crippen LogP contribution in [-0.2, 0) is 0 Å². The van der Waals surface area contributed by atoms with Gasteiger partial charge >= 0.3 is 0 Å². The lowest BCUT2D eigenvalue weighted by molar-refractivity contribution is 0.0827. The Bertz CT molecular complexity index is 488. The lowest BCUT2D eigenvalue weighted by Crippen LogP contribution is -2.36. The zero-order valence-corrected chi connectivity index (χ0v) is 12.1. The molecule has 0 heterocycles. The van der Waals surface area contributed by atoms with Gasteiger partial charge in [0.1, 0.15) is 0 Å². The highest BCUT2D eigenvalue weighted by Crippen LogP contribution is 2.26. The van der Waals surface area contributed by atoms with Gasteiger partial charge < -0.3 is 21.1 Å². The topological polar surface area (TPSA) is 78.6 Å². The number of anilines is 2. The molecule has 0 radical (unpaired) electrons. The van der Waals surface area contributed by atoms with Gasteiger partial charge in [-0.2, -0.15) is 0 Å². The summed E-state index contributed by atoms with van der Waals surface area (Å²) >= 11 is 0. The van der Waals surface area contributed by atoms with Gasteiger partial charge in [0.15, 0.2) is 0 Å². The third kappa shape index (κ3) is 3.22. The van der Waals surface area contributed by atoms with E-state index in [2.05, 4.69) is 5.32 Å². The Morgan fingerprint density at radius 2 is 2.05 bits per heavy atom. The molecule has 1 aliphatic rings. The van der Waals surface area contributed by atoms with Crippen molar-refractivity contribution in [3.63, 3.8) is 0 Å². The number of nitrogens with zero attached hydrogens (tertiary/aromatic N) is 1. The molecule has 4 N–H and O–H groups in total. The second-order valence-corrected chi connectivity index (χ2v) is 5.60. The number of amides is 1. The van der Waals surface area contributed by atoms with Crippen molar-refractivity contribution in [1.29, 1.82) is 0 Å². The Morgan fingerprint density at radius 3 is 2.65 bits per heavy atom. The largest absolute Gasteiger partial charge is 0.397 e. The van der Waals surface area contributed by atoms with E-state index < -0.39 is 0 Å². The van der Waals surface area contributed by atoms with Crippen LogP contribution in [0.15, 0.2) is 18.2 Å². The van der Waals surface area contributed by atoms with Gasteiger partial charge in [0.2, 0.25) is 0 Å². The summed E-state index contributed by atoms with van der Waals surface area (Å²) in [7, 11) is 3.42. The average Bonchev–Trinajstić information content (AvgIpc) is 2.42. The van der Waals surface area contributed by atoms with Crippen LogP contribution in [0.4, 0.5) is 11.4 Å². The maximum Gasteiger partial charge on any atom is 0.253 e. The normalized spacial score (nSPS) is 22.4. The van der Waals surface area contributed by atoms with Crippen LogP contribution in [0.25, 0.3) is 0 Å². The minimum Gasteiger partial charge on any atom is -0.397 e. The van der Waals surface area contributed by atoms with E-state index in [1.165, 1.54) is 4.90 Å². The summed E-state index contributed by atoms with van der Waals surface area (Å²) in [4.78, 5) is 13.4. The highest BCUT2D eigenvalue weighted by Gasteiger charge is 2.23. The number of aliphatic hydroxyl groups excluding tert-OH is 1. The van der Waals surface area contributed by atoms with E-state index in [1.807, 2.05) is 6.07 Å². The molecule has 5 nitrogen and oxygen atoms in total. The van der Waals surface area contributed by atoms with Crippen LogP contribution in [0, 0.1) is 0 Å². The number of nitrogens with two attached hydrogens (primary N) is 1. The first-order chi connectivity index (χ1) is 9.49. The molecule has 20 heavy (non-hydrogen) atoms. The van der Waals surface area contributed by atoms with Crippen LogP contribution in [0.1, 0.15) is 36.0 Å². The fourth-order valence-corrected chi connectivity index (χ4v) is 2.56. The third-order valence-electron chi connectivity index (χ3n) is 3.78. The average molecular weight is 277 g/mol. The van der Waals surface area contributed by atoms with E-state index in [0.717, 1.165) is 31.4 Å². The van der Waals surface area contributed by atoms with Crippen LogP contribution < -0.4 is 11.1 Å². The number of benzene rings is 1. The fourth-order valence-electron chi connectivity index (χ4n) is 2.56. The van der Waals surface area contributed by atoms with E-state index in [4.69, 9.17) is 5.73 Å². The number of hydrogen-bond donors (Lipinski definition) is 3. The first-order valence-corrected chi connectivity index (χ1v) is 7.05. The molecule has 1 aromatic carbocycles. The van der Waals surface area contributed by atoms with Gasteiger partial charge in [-0.1, -0.05) is 12.8 Å². The Balaban J connectivity index is 2.11. The molecule has 1 aromatic rings. The molecule has 5 heteroatoms. The predicted octanol–water partition coefficient (Wildman–Crippen LogP) is 1.69. The molecule has 0 aromatic heterocycles. The maximum absolute atomic E-state index is 11.9. The molecule has 0 bridgehead atoms. The van der Waals surface area contributed by atoms with Gasteiger partial charge in [0.25, 0.3) is 5.91 Å². The zero-order valence-electron chi connectivity index (χ0n) is 12.1. The van der Waals surface area contributed by atoms with Gasteiger partial charge in [0, 0.05) is 19.7 Å². The number of carbonyl (C=O) groups is 1. The maximum atomic E-state index is 11.9. The zero-order chi connectivity index (χ0) is 14.7. The second-order valence-electron chi connectivity index (χ2n) is 5.60. The summed E-state index contributed by atoms with van der Waals surface area (Å²) in [6.45, 7) is 0. The molecule has 110 valence electrons. The van der Waals surface area contributed by atoms with E-state index in [9.17, 15) is 9.90 Å². The fraction of sp³-hybridized carbons (Fsp3) is 0.533. The van der Waals surface area contributed by atoms with Gasteiger partial charge in [-0.05, 0) is 31.0 Å². The van der Waals surface area contributed by atoms with Crippen molar-refractivity contribution in [2.75, 3.05) is 25.1 Å². The Kier molecular flexibility index (Phi) is 4.49. The Labute approximate surface area is 119 Å². The minimum absolute atomic E-state index is 0.0430. The van der Waals surface area contributed by atoms with Crippen molar-refractivity contribution in [2.24, 2.45) is 0 Å². The molecule has 0 aliphatic heterocycles. The summed E-state index contributed by atoms with van der Waals surface area (Å²) in [6, 6.07) is 5.30. The van der Waals surface area contributed by atoms with Crippen LogP contribution in [0.5, 0.6) is 0 Å². The molecular weight excluding hydrogens is 254 g/mol. The summed E-state index contributed by atoms with van der Waals surface area (Å²) in [5.41, 5.74) is 7.90. The van der Waals surface area contributed by atoms with E-state index in [1.54, 1.807) is 26.2 Å². The first kappa shape index (κ1) is 14.7. The van der Waals surface area contributed by atoms with Crippen LogP contribution in [0.3, 0.4) is 0 Å². The van der Waals surface area contributed by atoms with Crippen molar-refractivity contribution in [1.82, 2.24) is 4.90 Å². The van der Waals surface area contributed by atoms with Gasteiger partial charge in [-0.15, -0.1) is 0 Å². The summed E-state index contributed by atoms with van der Waals surface area (Å²) in [6.07, 6.45) is 3.64. The van der Waals surface area contributed by atoms with Crippen molar-refractivity contribution >= 4 is 17.3 Å². The van der Waals surface area contributed by atoms with Crippen LogP contribution >= 0.6 is 0 Å². The van der Waals surface area contributed by atoms with Crippen molar-refractivity contribution < 1.29 is 9.90 Å². The highest BCUT2D eigenvalue weighted by molar-refractivity contribution is 5.95. The summed E-state index contributed by atoms with van der Waals surface area (Å²) in [5, 5.41) is 13.3. The molecule has 1 fully saturated rings. The second kappa shape index (κ2) is 6.13. The Hall–Kier alpha value is -1.75. The van der Waals surface area contributed by atoms with Crippen molar-refractivity contribution in [3.05, 3.63) is 23.8 Å². The standard InChI is InChI=1S/C15H23N3O2/c1-18(2)15(20)10-7-8-12(11(16)9-10)17-13-5-3-4-6-14(13)19/h7-9,13-14,17,19H,3-6,16H2,1-2H3. The lowest BCUT2D eigenvalue weighted by atomic mass is 9.92. The SMILES string of the molecule is CN(C)C(=O)c1ccc(NC2CCCCC2O)c(N)c1. The lowest BCUT2D eigenvalue weighted by Gasteiger charge is -2.29. The summed E-state index contributed by atoms with van der Waals surface area (Å²) in [5.74, 6) is -0.0686. The van der Waals surface area contributed by atoms with Gasteiger partial charge in [-0.3, -0.25) is 4.79 Å². The molecule has 0 spiro atoms.